The van der Waals surface area contributed by atoms with Gasteiger partial charge in [0.15, 0.2) is 0 Å². The summed E-state index contributed by atoms with van der Waals surface area (Å²) in [5.74, 6) is 2.14. The lowest BCUT2D eigenvalue weighted by Crippen LogP contribution is -2.33. The molecule has 4 heteroatoms. The molecule has 1 aromatic carbocycles. The van der Waals surface area contributed by atoms with Gasteiger partial charge in [0.25, 0.3) is 0 Å². The second-order valence-corrected chi connectivity index (χ2v) is 6.28. The SMILES string of the molecule is Cc1cc(N/N=C2/CC3C=CCC23)nc2ccc(Cl)cc12. The minimum absolute atomic E-state index is 0.623. The van der Waals surface area contributed by atoms with Crippen molar-refractivity contribution in [2.45, 2.75) is 19.8 Å². The highest BCUT2D eigenvalue weighted by molar-refractivity contribution is 6.31. The molecule has 0 aliphatic heterocycles. The van der Waals surface area contributed by atoms with Crippen LogP contribution in [0.15, 0.2) is 41.5 Å². The zero-order valence-electron chi connectivity index (χ0n) is 11.8. The molecule has 1 aromatic heterocycles. The van der Waals surface area contributed by atoms with Crippen LogP contribution in [0.4, 0.5) is 5.82 Å². The molecule has 0 saturated heterocycles. The summed E-state index contributed by atoms with van der Waals surface area (Å²) < 4.78 is 0. The third-order valence-electron chi connectivity index (χ3n) is 4.45. The molecule has 2 aliphatic rings. The number of aromatic nitrogens is 1. The Morgan fingerprint density at radius 3 is 3.10 bits per heavy atom. The van der Waals surface area contributed by atoms with Crippen LogP contribution >= 0.6 is 11.6 Å². The van der Waals surface area contributed by atoms with Crippen molar-refractivity contribution in [1.82, 2.24) is 4.98 Å². The van der Waals surface area contributed by atoms with Gasteiger partial charge in [0.1, 0.15) is 5.82 Å². The van der Waals surface area contributed by atoms with Gasteiger partial charge in [-0.15, -0.1) is 0 Å². The number of fused-ring (bicyclic) bond motifs is 2. The van der Waals surface area contributed by atoms with Crippen molar-refractivity contribution in [2.24, 2.45) is 16.9 Å². The van der Waals surface area contributed by atoms with Crippen LogP contribution in [0, 0.1) is 18.8 Å². The first-order valence-electron chi connectivity index (χ1n) is 7.27. The number of nitrogens with one attached hydrogen (secondary N) is 1. The lowest BCUT2D eigenvalue weighted by molar-refractivity contribution is 0.466. The molecular weight excluding hydrogens is 282 g/mol. The third-order valence-corrected chi connectivity index (χ3v) is 4.69. The fourth-order valence-corrected chi connectivity index (χ4v) is 3.39. The van der Waals surface area contributed by atoms with E-state index >= 15 is 0 Å². The second kappa shape index (κ2) is 4.85. The molecular formula is C17H16ClN3. The molecule has 0 radical (unpaired) electrons. The van der Waals surface area contributed by atoms with Crippen molar-refractivity contribution in [3.63, 3.8) is 0 Å². The van der Waals surface area contributed by atoms with Gasteiger partial charge in [-0.1, -0.05) is 23.8 Å². The van der Waals surface area contributed by atoms with Crippen LogP contribution in [0.3, 0.4) is 0 Å². The monoisotopic (exact) mass is 297 g/mol. The predicted molar refractivity (Wildman–Crippen MR) is 87.9 cm³/mol. The maximum atomic E-state index is 6.04. The summed E-state index contributed by atoms with van der Waals surface area (Å²) in [6.07, 6.45) is 6.79. The largest absolute Gasteiger partial charge is 0.261 e. The third kappa shape index (κ3) is 2.22. The van der Waals surface area contributed by atoms with E-state index in [1.54, 1.807) is 0 Å². The van der Waals surface area contributed by atoms with Crippen molar-refractivity contribution in [3.05, 3.63) is 47.0 Å². The molecule has 1 saturated carbocycles. The number of hydrogen-bond acceptors (Lipinski definition) is 3. The molecule has 106 valence electrons. The summed E-state index contributed by atoms with van der Waals surface area (Å²) in [5, 5.41) is 6.37. The summed E-state index contributed by atoms with van der Waals surface area (Å²) in [6.45, 7) is 2.07. The molecule has 1 fully saturated rings. The van der Waals surface area contributed by atoms with E-state index in [2.05, 4.69) is 34.6 Å². The number of benzene rings is 1. The minimum Gasteiger partial charge on any atom is -0.261 e. The van der Waals surface area contributed by atoms with E-state index in [1.165, 1.54) is 5.71 Å². The quantitative estimate of drug-likeness (QED) is 0.651. The van der Waals surface area contributed by atoms with Gasteiger partial charge in [0.2, 0.25) is 0 Å². The maximum Gasteiger partial charge on any atom is 0.147 e. The number of hydrazone groups is 1. The van der Waals surface area contributed by atoms with Crippen LogP contribution in [0.5, 0.6) is 0 Å². The van der Waals surface area contributed by atoms with Crippen LogP contribution in [-0.2, 0) is 0 Å². The van der Waals surface area contributed by atoms with Crippen LogP contribution < -0.4 is 5.43 Å². The molecule has 2 unspecified atom stereocenters. The Hall–Kier alpha value is -1.87. The van der Waals surface area contributed by atoms with Gasteiger partial charge in [0.05, 0.1) is 5.52 Å². The number of nitrogens with zero attached hydrogens (tertiary/aromatic N) is 2. The molecule has 0 amide bonds. The molecule has 1 heterocycles. The van der Waals surface area contributed by atoms with Gasteiger partial charge in [-0.3, -0.25) is 5.43 Å². The Kier molecular flexibility index (Phi) is 2.96. The Bertz CT molecular complexity index is 779. The van der Waals surface area contributed by atoms with Crippen LogP contribution in [0.1, 0.15) is 18.4 Å². The number of allylic oxidation sites excluding steroid dienone is 2. The summed E-state index contributed by atoms with van der Waals surface area (Å²) in [6, 6.07) is 7.79. The van der Waals surface area contributed by atoms with Gasteiger partial charge < -0.3 is 0 Å². The first-order chi connectivity index (χ1) is 10.2. The number of hydrogen-bond donors (Lipinski definition) is 1. The predicted octanol–water partition coefficient (Wildman–Crippen LogP) is 4.56. The minimum atomic E-state index is 0.623. The van der Waals surface area contributed by atoms with Crippen LogP contribution in [-0.4, -0.2) is 10.7 Å². The van der Waals surface area contributed by atoms with Gasteiger partial charge >= 0.3 is 0 Å². The molecule has 3 nitrogen and oxygen atoms in total. The molecule has 0 spiro atoms. The van der Waals surface area contributed by atoms with E-state index in [0.717, 1.165) is 46.1 Å². The van der Waals surface area contributed by atoms with E-state index in [-0.39, 0.29) is 0 Å². The van der Waals surface area contributed by atoms with Crippen molar-refractivity contribution in [2.75, 3.05) is 5.43 Å². The Morgan fingerprint density at radius 1 is 1.33 bits per heavy atom. The number of halogens is 1. The maximum absolute atomic E-state index is 6.04. The molecule has 1 N–H and O–H groups in total. The molecule has 4 rings (SSSR count). The average Bonchev–Trinajstić information content (AvgIpc) is 2.81. The number of pyridine rings is 1. The second-order valence-electron chi connectivity index (χ2n) is 5.84. The zero-order valence-corrected chi connectivity index (χ0v) is 12.6. The molecule has 2 aromatic rings. The highest BCUT2D eigenvalue weighted by Gasteiger charge is 2.37. The van der Waals surface area contributed by atoms with E-state index < -0.39 is 0 Å². The summed E-state index contributed by atoms with van der Waals surface area (Å²) in [4.78, 5) is 4.60. The summed E-state index contributed by atoms with van der Waals surface area (Å²) in [7, 11) is 0. The van der Waals surface area contributed by atoms with Crippen molar-refractivity contribution >= 4 is 34.0 Å². The average molecular weight is 298 g/mol. The number of anilines is 1. The lowest BCUT2D eigenvalue weighted by Gasteiger charge is -2.31. The van der Waals surface area contributed by atoms with E-state index in [4.69, 9.17) is 11.6 Å². The fraction of sp³-hybridized carbons (Fsp3) is 0.294. The summed E-state index contributed by atoms with van der Waals surface area (Å²) >= 11 is 6.04. The zero-order chi connectivity index (χ0) is 14.4. The standard InChI is InChI=1S/C17H16ClN3/c1-10-7-17(19-15-6-5-12(18)9-14(10)15)21-20-16-8-11-3-2-4-13(11)16/h2-3,5-7,9,11,13H,4,8H2,1H3,(H,19,21)/b20-16-. The Balaban J connectivity index is 1.60. The van der Waals surface area contributed by atoms with Crippen LogP contribution in [0.2, 0.25) is 5.02 Å². The van der Waals surface area contributed by atoms with Crippen molar-refractivity contribution in [1.29, 1.82) is 0 Å². The molecule has 21 heavy (non-hydrogen) atoms. The van der Waals surface area contributed by atoms with Gasteiger partial charge in [-0.05, 0) is 55.5 Å². The van der Waals surface area contributed by atoms with Gasteiger partial charge in [-0.2, -0.15) is 5.10 Å². The van der Waals surface area contributed by atoms with E-state index in [9.17, 15) is 0 Å². The molecule has 2 aliphatic carbocycles. The van der Waals surface area contributed by atoms with Gasteiger partial charge in [-0.25, -0.2) is 4.98 Å². The summed E-state index contributed by atoms with van der Waals surface area (Å²) in [5.41, 5.74) is 6.48. The Labute approximate surface area is 128 Å². The topological polar surface area (TPSA) is 37.3 Å². The Morgan fingerprint density at radius 2 is 2.24 bits per heavy atom. The van der Waals surface area contributed by atoms with Crippen LogP contribution in [0.25, 0.3) is 10.9 Å². The van der Waals surface area contributed by atoms with Crippen molar-refractivity contribution in [3.8, 4) is 0 Å². The first kappa shape index (κ1) is 12.8. The highest BCUT2D eigenvalue weighted by atomic mass is 35.5. The lowest BCUT2D eigenvalue weighted by atomic mass is 9.74. The first-order valence-corrected chi connectivity index (χ1v) is 7.64. The highest BCUT2D eigenvalue weighted by Crippen LogP contribution is 2.40. The smallest absolute Gasteiger partial charge is 0.147 e. The number of rotatable bonds is 2. The van der Waals surface area contributed by atoms with Gasteiger partial charge in [0, 0.05) is 22.0 Å². The fourth-order valence-electron chi connectivity index (χ4n) is 3.22. The molecule has 0 bridgehead atoms. The van der Waals surface area contributed by atoms with E-state index in [0.29, 0.717) is 5.92 Å². The number of aryl methyl sites for hydroxylation is 1. The molecule has 2 atom stereocenters. The van der Waals surface area contributed by atoms with Crippen molar-refractivity contribution < 1.29 is 0 Å². The normalized spacial score (nSPS) is 25.1. The van der Waals surface area contributed by atoms with E-state index in [1.807, 2.05) is 24.3 Å².